The summed E-state index contributed by atoms with van der Waals surface area (Å²) in [5, 5.41) is 9.24. The highest BCUT2D eigenvalue weighted by atomic mass is 35.5. The highest BCUT2D eigenvalue weighted by molar-refractivity contribution is 7.20. The zero-order valence-corrected chi connectivity index (χ0v) is 7.92. The Morgan fingerprint density at radius 2 is 2.23 bits per heavy atom. The van der Waals surface area contributed by atoms with Crippen molar-refractivity contribution in [2.24, 2.45) is 0 Å². The van der Waals surface area contributed by atoms with Crippen LogP contribution >= 0.6 is 22.9 Å². The summed E-state index contributed by atoms with van der Waals surface area (Å²) in [6.07, 6.45) is 0. The fraction of sp³-hybridized carbons (Fsp3) is 0. The SMILES string of the molecule is N#Cc1sc2cccc(F)c2c1Cl. The van der Waals surface area contributed by atoms with E-state index >= 15 is 0 Å². The van der Waals surface area contributed by atoms with Gasteiger partial charge in [0.05, 0.1) is 5.02 Å². The molecule has 0 spiro atoms. The molecule has 0 fully saturated rings. The minimum Gasteiger partial charge on any atom is -0.206 e. The summed E-state index contributed by atoms with van der Waals surface area (Å²) in [5.74, 6) is -0.375. The van der Waals surface area contributed by atoms with E-state index in [0.717, 1.165) is 0 Å². The van der Waals surface area contributed by atoms with Gasteiger partial charge < -0.3 is 0 Å². The predicted octanol–water partition coefficient (Wildman–Crippen LogP) is 3.57. The van der Waals surface area contributed by atoms with Gasteiger partial charge in [-0.3, -0.25) is 0 Å². The van der Waals surface area contributed by atoms with Crippen molar-refractivity contribution in [2.45, 2.75) is 0 Å². The van der Waals surface area contributed by atoms with Gasteiger partial charge in [0, 0.05) is 10.1 Å². The van der Waals surface area contributed by atoms with E-state index in [0.29, 0.717) is 15.0 Å². The van der Waals surface area contributed by atoms with Crippen molar-refractivity contribution < 1.29 is 4.39 Å². The maximum Gasteiger partial charge on any atom is 0.133 e. The Morgan fingerprint density at radius 3 is 2.85 bits per heavy atom. The Bertz CT molecular complexity index is 512. The molecule has 1 aromatic carbocycles. The second kappa shape index (κ2) is 2.99. The average molecular weight is 212 g/mol. The fourth-order valence-electron chi connectivity index (χ4n) is 1.14. The van der Waals surface area contributed by atoms with Gasteiger partial charge in [0.1, 0.15) is 16.8 Å². The lowest BCUT2D eigenvalue weighted by molar-refractivity contribution is 0.640. The van der Waals surface area contributed by atoms with Crippen LogP contribution in [0.3, 0.4) is 0 Å². The number of hydrogen-bond acceptors (Lipinski definition) is 2. The second-order valence-corrected chi connectivity index (χ2v) is 3.90. The first-order valence-corrected chi connectivity index (χ1v) is 4.70. The zero-order chi connectivity index (χ0) is 9.42. The molecule has 0 bridgehead atoms. The maximum atomic E-state index is 13.2. The standard InChI is InChI=1S/C9H3ClFNS/c10-9-7(4-12)13-6-3-1-2-5(11)8(6)9/h1-3H. The smallest absolute Gasteiger partial charge is 0.133 e. The quantitative estimate of drug-likeness (QED) is 0.654. The number of hydrogen-bond donors (Lipinski definition) is 0. The van der Waals surface area contributed by atoms with Crippen LogP contribution in [-0.2, 0) is 0 Å². The number of halogens is 2. The molecule has 0 radical (unpaired) electrons. The lowest BCUT2D eigenvalue weighted by Gasteiger charge is -1.90. The Labute approximate surface area is 83.0 Å². The highest BCUT2D eigenvalue weighted by Gasteiger charge is 2.12. The van der Waals surface area contributed by atoms with E-state index in [1.54, 1.807) is 12.1 Å². The van der Waals surface area contributed by atoms with Crippen molar-refractivity contribution in [3.8, 4) is 6.07 Å². The van der Waals surface area contributed by atoms with Crippen LogP contribution in [0.2, 0.25) is 5.02 Å². The zero-order valence-electron chi connectivity index (χ0n) is 6.34. The van der Waals surface area contributed by atoms with Crippen molar-refractivity contribution in [1.29, 1.82) is 5.26 Å². The Hall–Kier alpha value is -1.11. The van der Waals surface area contributed by atoms with E-state index in [1.807, 2.05) is 6.07 Å². The van der Waals surface area contributed by atoms with Gasteiger partial charge in [-0.2, -0.15) is 5.26 Å². The molecule has 0 saturated carbocycles. The monoisotopic (exact) mass is 211 g/mol. The van der Waals surface area contributed by atoms with Gasteiger partial charge in [-0.15, -0.1) is 11.3 Å². The van der Waals surface area contributed by atoms with E-state index in [2.05, 4.69) is 0 Å². The van der Waals surface area contributed by atoms with Crippen LogP contribution in [0.15, 0.2) is 18.2 Å². The molecule has 0 amide bonds. The van der Waals surface area contributed by atoms with Crippen molar-refractivity contribution >= 4 is 33.0 Å². The van der Waals surface area contributed by atoms with Crippen molar-refractivity contribution in [2.75, 3.05) is 0 Å². The minimum absolute atomic E-state index is 0.223. The Morgan fingerprint density at radius 1 is 1.46 bits per heavy atom. The Balaban J connectivity index is 2.95. The van der Waals surface area contributed by atoms with Gasteiger partial charge in [0.25, 0.3) is 0 Å². The minimum atomic E-state index is -0.375. The molecular weight excluding hydrogens is 209 g/mol. The van der Waals surface area contributed by atoms with E-state index in [9.17, 15) is 4.39 Å². The fourth-order valence-corrected chi connectivity index (χ4v) is 2.45. The van der Waals surface area contributed by atoms with Gasteiger partial charge in [-0.25, -0.2) is 4.39 Å². The first-order valence-electron chi connectivity index (χ1n) is 3.50. The van der Waals surface area contributed by atoms with Crippen LogP contribution in [0.4, 0.5) is 4.39 Å². The first kappa shape index (κ1) is 8.49. The van der Waals surface area contributed by atoms with Crippen LogP contribution in [0.5, 0.6) is 0 Å². The summed E-state index contributed by atoms with van der Waals surface area (Å²) in [6, 6.07) is 6.62. The molecule has 0 atom stereocenters. The number of benzene rings is 1. The third kappa shape index (κ3) is 1.19. The largest absolute Gasteiger partial charge is 0.206 e. The van der Waals surface area contributed by atoms with Crippen LogP contribution in [0, 0.1) is 17.1 Å². The van der Waals surface area contributed by atoms with Gasteiger partial charge in [-0.05, 0) is 12.1 Å². The number of nitrogens with zero attached hydrogens (tertiary/aromatic N) is 1. The highest BCUT2D eigenvalue weighted by Crippen LogP contribution is 2.35. The predicted molar refractivity (Wildman–Crippen MR) is 51.5 cm³/mol. The van der Waals surface area contributed by atoms with Gasteiger partial charge in [-0.1, -0.05) is 17.7 Å². The summed E-state index contributed by atoms with van der Waals surface area (Å²) >= 11 is 7.02. The lowest BCUT2D eigenvalue weighted by atomic mass is 10.2. The Kier molecular flexibility index (Phi) is 1.95. The van der Waals surface area contributed by atoms with Gasteiger partial charge in [0.2, 0.25) is 0 Å². The van der Waals surface area contributed by atoms with Crippen molar-refractivity contribution in [3.63, 3.8) is 0 Å². The summed E-state index contributed by atoms with van der Waals surface area (Å²) in [5.41, 5.74) is 0. The van der Waals surface area contributed by atoms with E-state index in [-0.39, 0.29) is 10.8 Å². The molecule has 2 rings (SSSR count). The first-order chi connectivity index (χ1) is 6.24. The third-order valence-corrected chi connectivity index (χ3v) is 3.26. The van der Waals surface area contributed by atoms with Crippen molar-refractivity contribution in [1.82, 2.24) is 0 Å². The molecule has 1 heterocycles. The van der Waals surface area contributed by atoms with Crippen molar-refractivity contribution in [3.05, 3.63) is 33.9 Å². The van der Waals surface area contributed by atoms with Crippen LogP contribution in [0.1, 0.15) is 4.88 Å². The summed E-state index contributed by atoms with van der Waals surface area (Å²) in [4.78, 5) is 0.363. The molecule has 13 heavy (non-hydrogen) atoms. The molecule has 1 nitrogen and oxygen atoms in total. The van der Waals surface area contributed by atoms with Gasteiger partial charge in [0.15, 0.2) is 0 Å². The molecule has 0 aliphatic heterocycles. The summed E-state index contributed by atoms with van der Waals surface area (Å²) in [6.45, 7) is 0. The second-order valence-electron chi connectivity index (χ2n) is 2.47. The van der Waals surface area contributed by atoms with E-state index in [1.165, 1.54) is 17.4 Å². The molecule has 1 aromatic heterocycles. The topological polar surface area (TPSA) is 23.8 Å². The molecule has 4 heteroatoms. The molecule has 0 unspecified atom stereocenters. The molecular formula is C9H3ClFNS. The number of thiophene rings is 1. The van der Waals surface area contributed by atoms with E-state index in [4.69, 9.17) is 16.9 Å². The number of nitriles is 1. The molecule has 0 saturated heterocycles. The molecule has 0 aliphatic rings. The lowest BCUT2D eigenvalue weighted by Crippen LogP contribution is -1.73. The van der Waals surface area contributed by atoms with E-state index < -0.39 is 0 Å². The average Bonchev–Trinajstić information content (AvgIpc) is 2.44. The molecule has 64 valence electrons. The molecule has 2 aromatic rings. The summed E-state index contributed by atoms with van der Waals surface area (Å²) < 4.78 is 13.9. The normalized spacial score (nSPS) is 10.2. The summed E-state index contributed by atoms with van der Waals surface area (Å²) in [7, 11) is 0. The van der Waals surface area contributed by atoms with Crippen LogP contribution in [0.25, 0.3) is 10.1 Å². The number of rotatable bonds is 0. The van der Waals surface area contributed by atoms with Crippen LogP contribution < -0.4 is 0 Å². The van der Waals surface area contributed by atoms with Crippen LogP contribution in [-0.4, -0.2) is 0 Å². The molecule has 0 N–H and O–H groups in total. The molecule has 0 aliphatic carbocycles. The third-order valence-electron chi connectivity index (χ3n) is 1.71. The maximum absolute atomic E-state index is 13.2. The number of fused-ring (bicyclic) bond motifs is 1. The van der Waals surface area contributed by atoms with Gasteiger partial charge >= 0.3 is 0 Å².